The molecule has 0 spiro atoms. The molecule has 0 atom stereocenters. The van der Waals surface area contributed by atoms with E-state index in [9.17, 15) is 14.4 Å². The summed E-state index contributed by atoms with van der Waals surface area (Å²) in [6.07, 6.45) is 2.19. The molecule has 7 nitrogen and oxygen atoms in total. The molecule has 18 heavy (non-hydrogen) atoms. The molecule has 1 amide bonds. The molecule has 3 rings (SSSR count). The molecule has 0 saturated carbocycles. The lowest BCUT2D eigenvalue weighted by molar-refractivity contribution is -0.119. The predicted octanol–water partition coefficient (Wildman–Crippen LogP) is -0.627. The number of nitrogens with zero attached hydrogens (tertiary/aromatic N) is 4. The van der Waals surface area contributed by atoms with Gasteiger partial charge in [0.2, 0.25) is 5.91 Å². The first kappa shape index (κ1) is 10.7. The first-order valence-corrected chi connectivity index (χ1v) is 5.43. The Bertz CT molecular complexity index is 728. The highest BCUT2D eigenvalue weighted by atomic mass is 16.2. The number of amides is 1. The van der Waals surface area contributed by atoms with Crippen molar-refractivity contribution in [3.63, 3.8) is 0 Å². The number of anilines is 1. The van der Waals surface area contributed by atoms with Crippen LogP contribution in [0.3, 0.4) is 0 Å². The van der Waals surface area contributed by atoms with Gasteiger partial charge >= 0.3 is 5.69 Å². The van der Waals surface area contributed by atoms with E-state index < -0.39 is 0 Å². The van der Waals surface area contributed by atoms with Crippen molar-refractivity contribution in [1.29, 1.82) is 0 Å². The molecule has 1 aliphatic heterocycles. The Balaban J connectivity index is 2.46. The van der Waals surface area contributed by atoms with Crippen LogP contribution >= 0.6 is 0 Å². The molecule has 0 aliphatic carbocycles. The summed E-state index contributed by atoms with van der Waals surface area (Å²) in [7, 11) is 1.62. The number of carbonyl (C=O) groups is 2. The number of pyridine rings is 1. The summed E-state index contributed by atoms with van der Waals surface area (Å²) in [5, 5.41) is 0. The van der Waals surface area contributed by atoms with Crippen LogP contribution in [0.4, 0.5) is 5.82 Å². The summed E-state index contributed by atoms with van der Waals surface area (Å²) >= 11 is 0. The first-order chi connectivity index (χ1) is 8.65. The van der Waals surface area contributed by atoms with E-state index in [4.69, 9.17) is 0 Å². The SMILES string of the molecule is CN1C(=O)Cn2c(=O)n(CC=O)c3ccnc1c32. The van der Waals surface area contributed by atoms with Crippen molar-refractivity contribution in [1.82, 2.24) is 14.1 Å². The molecule has 0 unspecified atom stereocenters. The van der Waals surface area contributed by atoms with E-state index in [2.05, 4.69) is 4.98 Å². The van der Waals surface area contributed by atoms with Crippen molar-refractivity contribution in [2.24, 2.45) is 0 Å². The van der Waals surface area contributed by atoms with Gasteiger partial charge in [0.15, 0.2) is 5.82 Å². The fourth-order valence-corrected chi connectivity index (χ4v) is 2.26. The lowest BCUT2D eigenvalue weighted by Crippen LogP contribution is -2.38. The number of likely N-dealkylation sites (N-methyl/N-ethyl adjacent to an activating group) is 1. The summed E-state index contributed by atoms with van der Waals surface area (Å²) in [5.74, 6) is 0.249. The van der Waals surface area contributed by atoms with Gasteiger partial charge in [-0.25, -0.2) is 9.78 Å². The number of imidazole rings is 1. The van der Waals surface area contributed by atoms with E-state index in [-0.39, 0.29) is 24.7 Å². The molecule has 0 saturated heterocycles. The summed E-state index contributed by atoms with van der Waals surface area (Å²) in [6.45, 7) is -0.0416. The maximum Gasteiger partial charge on any atom is 0.330 e. The topological polar surface area (TPSA) is 77.2 Å². The zero-order valence-corrected chi connectivity index (χ0v) is 9.66. The minimum Gasteiger partial charge on any atom is -0.301 e. The zero-order valence-electron chi connectivity index (χ0n) is 9.66. The van der Waals surface area contributed by atoms with Gasteiger partial charge in [0.1, 0.15) is 18.3 Å². The largest absolute Gasteiger partial charge is 0.330 e. The van der Waals surface area contributed by atoms with Gasteiger partial charge in [-0.2, -0.15) is 0 Å². The predicted molar refractivity (Wildman–Crippen MR) is 63.5 cm³/mol. The Morgan fingerprint density at radius 1 is 1.44 bits per heavy atom. The molecule has 0 fully saturated rings. The molecular weight excluding hydrogens is 236 g/mol. The van der Waals surface area contributed by atoms with Crippen molar-refractivity contribution in [2.45, 2.75) is 13.1 Å². The quantitative estimate of drug-likeness (QED) is 0.661. The third-order valence-corrected chi connectivity index (χ3v) is 3.15. The van der Waals surface area contributed by atoms with Crippen LogP contribution in [0.2, 0.25) is 0 Å². The number of rotatable bonds is 2. The van der Waals surface area contributed by atoms with Crippen LogP contribution in [0.5, 0.6) is 0 Å². The molecule has 2 aromatic heterocycles. The molecule has 0 bridgehead atoms. The van der Waals surface area contributed by atoms with Crippen LogP contribution in [0.15, 0.2) is 17.1 Å². The summed E-state index contributed by atoms with van der Waals surface area (Å²) in [6, 6.07) is 1.67. The van der Waals surface area contributed by atoms with Crippen molar-refractivity contribution in [3.05, 3.63) is 22.7 Å². The van der Waals surface area contributed by atoms with E-state index in [0.717, 1.165) is 0 Å². The van der Waals surface area contributed by atoms with E-state index in [1.54, 1.807) is 13.1 Å². The standard InChI is InChI=1S/C11H10N4O3/c1-13-8(17)6-15-9-7(2-3-12-10(9)13)14(4-5-16)11(15)18/h2-3,5H,4,6H2,1H3. The van der Waals surface area contributed by atoms with Gasteiger partial charge in [0, 0.05) is 13.2 Å². The van der Waals surface area contributed by atoms with Gasteiger partial charge in [0.25, 0.3) is 0 Å². The van der Waals surface area contributed by atoms with Crippen molar-refractivity contribution < 1.29 is 9.59 Å². The molecule has 2 aromatic rings. The Labute approximate surface area is 101 Å². The fourth-order valence-electron chi connectivity index (χ4n) is 2.26. The lowest BCUT2D eigenvalue weighted by atomic mass is 10.3. The van der Waals surface area contributed by atoms with Crippen molar-refractivity contribution in [2.75, 3.05) is 11.9 Å². The fraction of sp³-hybridized carbons (Fsp3) is 0.273. The van der Waals surface area contributed by atoms with E-state index in [1.807, 2.05) is 0 Å². The maximum absolute atomic E-state index is 12.1. The summed E-state index contributed by atoms with van der Waals surface area (Å²) < 4.78 is 2.71. The van der Waals surface area contributed by atoms with Gasteiger partial charge in [-0.3, -0.25) is 18.8 Å². The van der Waals surface area contributed by atoms with Gasteiger partial charge in [-0.1, -0.05) is 0 Å². The second-order valence-electron chi connectivity index (χ2n) is 4.10. The lowest BCUT2D eigenvalue weighted by Gasteiger charge is -2.22. The highest BCUT2D eigenvalue weighted by molar-refractivity contribution is 6.03. The average molecular weight is 246 g/mol. The molecule has 0 radical (unpaired) electrons. The van der Waals surface area contributed by atoms with Crippen molar-refractivity contribution in [3.8, 4) is 0 Å². The minimum absolute atomic E-state index is 0.0175. The monoisotopic (exact) mass is 246 g/mol. The summed E-state index contributed by atoms with van der Waals surface area (Å²) in [5.41, 5.74) is 0.871. The van der Waals surface area contributed by atoms with Crippen LogP contribution in [0.25, 0.3) is 11.0 Å². The maximum atomic E-state index is 12.1. The number of carbonyl (C=O) groups excluding carboxylic acids is 2. The zero-order chi connectivity index (χ0) is 12.9. The Hall–Kier alpha value is -2.44. The normalized spacial score (nSPS) is 14.3. The van der Waals surface area contributed by atoms with E-state index in [1.165, 1.54) is 20.2 Å². The van der Waals surface area contributed by atoms with Gasteiger partial charge in [0.05, 0.1) is 12.1 Å². The van der Waals surface area contributed by atoms with Crippen molar-refractivity contribution >= 4 is 29.0 Å². The smallest absolute Gasteiger partial charge is 0.301 e. The number of hydrogen-bond acceptors (Lipinski definition) is 4. The van der Waals surface area contributed by atoms with Crippen LogP contribution in [-0.4, -0.2) is 33.4 Å². The molecule has 0 aromatic carbocycles. The number of hydrogen-bond donors (Lipinski definition) is 0. The molecule has 92 valence electrons. The molecule has 0 N–H and O–H groups in total. The number of aromatic nitrogens is 3. The Morgan fingerprint density at radius 3 is 2.94 bits per heavy atom. The molecular formula is C11H10N4O3. The van der Waals surface area contributed by atoms with Crippen LogP contribution in [0, 0.1) is 0 Å². The highest BCUT2D eigenvalue weighted by Gasteiger charge is 2.27. The van der Waals surface area contributed by atoms with Crippen LogP contribution < -0.4 is 10.6 Å². The summed E-state index contributed by atoms with van der Waals surface area (Å²) in [4.78, 5) is 40.1. The minimum atomic E-state index is -0.354. The second-order valence-corrected chi connectivity index (χ2v) is 4.10. The van der Waals surface area contributed by atoms with E-state index >= 15 is 0 Å². The second kappa shape index (κ2) is 3.52. The highest BCUT2D eigenvalue weighted by Crippen LogP contribution is 2.26. The number of aldehydes is 1. The molecule has 3 heterocycles. The third kappa shape index (κ3) is 1.18. The Kier molecular flexibility index (Phi) is 2.09. The van der Waals surface area contributed by atoms with Crippen LogP contribution in [0.1, 0.15) is 0 Å². The van der Waals surface area contributed by atoms with Gasteiger partial charge in [-0.05, 0) is 6.07 Å². The molecule has 1 aliphatic rings. The average Bonchev–Trinajstić information content (AvgIpc) is 2.63. The Morgan fingerprint density at radius 2 is 2.22 bits per heavy atom. The van der Waals surface area contributed by atoms with Gasteiger partial charge < -0.3 is 4.79 Å². The third-order valence-electron chi connectivity index (χ3n) is 3.15. The van der Waals surface area contributed by atoms with Crippen LogP contribution in [-0.2, 0) is 22.7 Å². The molecule has 7 heteroatoms. The first-order valence-electron chi connectivity index (χ1n) is 5.43. The van der Waals surface area contributed by atoms with Gasteiger partial charge in [-0.15, -0.1) is 0 Å². The van der Waals surface area contributed by atoms with E-state index in [0.29, 0.717) is 23.1 Å².